The molecule has 5 nitrogen and oxygen atoms in total. The van der Waals surface area contributed by atoms with Crippen LogP contribution in [0, 0.1) is 11.8 Å². The molecule has 1 amide bonds. The smallest absolute Gasteiger partial charge is 0.410 e. The van der Waals surface area contributed by atoms with Crippen molar-refractivity contribution in [2.24, 2.45) is 11.8 Å². The molecular formula is C18H23BrNO4-. The van der Waals surface area contributed by atoms with Crippen molar-refractivity contribution in [1.82, 2.24) is 4.90 Å². The Hall–Kier alpha value is -1.56. The first-order valence-electron chi connectivity index (χ1n) is 8.09. The molecule has 0 aromatic heterocycles. The zero-order valence-electron chi connectivity index (χ0n) is 14.3. The Morgan fingerprint density at radius 3 is 2.71 bits per heavy atom. The molecule has 1 saturated heterocycles. The lowest BCUT2D eigenvalue weighted by Gasteiger charge is -2.27. The van der Waals surface area contributed by atoms with Crippen LogP contribution in [0.5, 0.6) is 0 Å². The topological polar surface area (TPSA) is 69.7 Å². The Morgan fingerprint density at radius 1 is 1.42 bits per heavy atom. The molecule has 0 saturated carbocycles. The Morgan fingerprint density at radius 2 is 2.12 bits per heavy atom. The van der Waals surface area contributed by atoms with Crippen molar-refractivity contribution in [1.29, 1.82) is 0 Å². The number of ether oxygens (including phenoxy) is 1. The molecule has 24 heavy (non-hydrogen) atoms. The second kappa shape index (κ2) is 7.55. The molecule has 6 heteroatoms. The summed E-state index contributed by atoms with van der Waals surface area (Å²) in [6.07, 6.45) is 0.657. The molecule has 2 rings (SSSR count). The number of carboxylic acids is 1. The van der Waals surface area contributed by atoms with Crippen LogP contribution in [0.25, 0.3) is 0 Å². The fraction of sp³-hybridized carbons (Fsp3) is 0.556. The SMILES string of the molecule is CC(C)(C)OC(=O)N1CC[C@@H]([C@@H](Cc2cccc(Br)c2)C(=O)[O-])C1. The molecule has 0 radical (unpaired) electrons. The van der Waals surface area contributed by atoms with Crippen molar-refractivity contribution < 1.29 is 19.4 Å². The van der Waals surface area contributed by atoms with E-state index in [4.69, 9.17) is 4.74 Å². The highest BCUT2D eigenvalue weighted by atomic mass is 79.9. The normalized spacial score (nSPS) is 19.2. The number of carbonyl (C=O) groups excluding carboxylic acids is 2. The van der Waals surface area contributed by atoms with Gasteiger partial charge in [-0.2, -0.15) is 0 Å². The molecule has 1 aromatic rings. The van der Waals surface area contributed by atoms with E-state index < -0.39 is 17.5 Å². The summed E-state index contributed by atoms with van der Waals surface area (Å²) in [5.41, 5.74) is 0.383. The van der Waals surface area contributed by atoms with Crippen molar-refractivity contribution in [3.05, 3.63) is 34.3 Å². The third-order valence-corrected chi connectivity index (χ3v) is 4.59. The maximum absolute atomic E-state index is 12.1. The van der Waals surface area contributed by atoms with Gasteiger partial charge in [0.2, 0.25) is 0 Å². The molecule has 1 aromatic carbocycles. The van der Waals surface area contributed by atoms with E-state index in [9.17, 15) is 14.7 Å². The van der Waals surface area contributed by atoms with Crippen molar-refractivity contribution in [2.45, 2.75) is 39.2 Å². The lowest BCUT2D eigenvalue weighted by molar-refractivity contribution is -0.313. The monoisotopic (exact) mass is 396 g/mol. The quantitative estimate of drug-likeness (QED) is 0.783. The predicted molar refractivity (Wildman–Crippen MR) is 92.3 cm³/mol. The van der Waals surface area contributed by atoms with E-state index in [0.717, 1.165) is 10.0 Å². The number of rotatable bonds is 4. The van der Waals surface area contributed by atoms with Gasteiger partial charge in [0.05, 0.1) is 0 Å². The number of likely N-dealkylation sites (tertiary alicyclic amines) is 1. The van der Waals surface area contributed by atoms with E-state index in [1.807, 2.05) is 45.0 Å². The van der Waals surface area contributed by atoms with E-state index >= 15 is 0 Å². The predicted octanol–water partition coefficient (Wildman–Crippen LogP) is 2.61. The number of hydrogen-bond acceptors (Lipinski definition) is 4. The Kier molecular flexibility index (Phi) is 5.91. The summed E-state index contributed by atoms with van der Waals surface area (Å²) in [4.78, 5) is 25.4. The van der Waals surface area contributed by atoms with Gasteiger partial charge in [-0.25, -0.2) is 4.79 Å². The highest BCUT2D eigenvalue weighted by molar-refractivity contribution is 9.10. The second-order valence-corrected chi connectivity index (χ2v) is 8.15. The fourth-order valence-electron chi connectivity index (χ4n) is 2.97. The minimum absolute atomic E-state index is 0.124. The first-order valence-corrected chi connectivity index (χ1v) is 8.88. The van der Waals surface area contributed by atoms with Gasteiger partial charge in [-0.3, -0.25) is 0 Å². The number of benzene rings is 1. The summed E-state index contributed by atoms with van der Waals surface area (Å²) < 4.78 is 6.28. The van der Waals surface area contributed by atoms with Gasteiger partial charge in [-0.05, 0) is 57.2 Å². The summed E-state index contributed by atoms with van der Waals surface area (Å²) in [6, 6.07) is 7.60. The van der Waals surface area contributed by atoms with Gasteiger partial charge in [0, 0.05) is 29.4 Å². The van der Waals surface area contributed by atoms with Crippen molar-refractivity contribution in [2.75, 3.05) is 13.1 Å². The van der Waals surface area contributed by atoms with Crippen LogP contribution in [-0.4, -0.2) is 35.7 Å². The Balaban J connectivity index is 2.02. The Labute approximate surface area is 151 Å². The highest BCUT2D eigenvalue weighted by Gasteiger charge is 2.34. The highest BCUT2D eigenvalue weighted by Crippen LogP contribution is 2.28. The lowest BCUT2D eigenvalue weighted by Crippen LogP contribution is -2.40. The zero-order chi connectivity index (χ0) is 17.9. The number of halogens is 1. The molecule has 0 aliphatic carbocycles. The Bertz CT molecular complexity index is 611. The maximum Gasteiger partial charge on any atom is 0.410 e. The summed E-state index contributed by atoms with van der Waals surface area (Å²) in [5, 5.41) is 11.6. The average molecular weight is 397 g/mol. The number of amides is 1. The summed E-state index contributed by atoms with van der Waals surface area (Å²) in [6.45, 7) is 6.35. The van der Waals surface area contributed by atoms with E-state index in [1.165, 1.54) is 0 Å². The number of hydrogen-bond donors (Lipinski definition) is 0. The maximum atomic E-state index is 12.1. The van der Waals surface area contributed by atoms with Crippen LogP contribution >= 0.6 is 15.9 Å². The molecule has 1 fully saturated rings. The largest absolute Gasteiger partial charge is 0.550 e. The number of aliphatic carboxylic acids is 1. The van der Waals surface area contributed by atoms with Crippen LogP contribution in [0.15, 0.2) is 28.7 Å². The van der Waals surface area contributed by atoms with Gasteiger partial charge in [-0.1, -0.05) is 28.1 Å². The minimum Gasteiger partial charge on any atom is -0.550 e. The molecule has 132 valence electrons. The molecule has 1 heterocycles. The summed E-state index contributed by atoms with van der Waals surface area (Å²) >= 11 is 3.40. The van der Waals surface area contributed by atoms with E-state index in [-0.39, 0.29) is 12.0 Å². The number of carbonyl (C=O) groups is 2. The van der Waals surface area contributed by atoms with Gasteiger partial charge in [0.25, 0.3) is 0 Å². The first kappa shape index (κ1) is 18.8. The molecule has 1 aliphatic rings. The third kappa shape index (κ3) is 5.23. The third-order valence-electron chi connectivity index (χ3n) is 4.09. The second-order valence-electron chi connectivity index (χ2n) is 7.23. The number of carboxylic acid groups (broad SMARTS) is 1. The van der Waals surface area contributed by atoms with Crippen LogP contribution < -0.4 is 5.11 Å². The molecule has 1 aliphatic heterocycles. The van der Waals surface area contributed by atoms with Crippen LogP contribution in [-0.2, 0) is 16.0 Å². The summed E-state index contributed by atoms with van der Waals surface area (Å²) in [5.74, 6) is -1.81. The van der Waals surface area contributed by atoms with Gasteiger partial charge in [-0.15, -0.1) is 0 Å². The molecule has 0 bridgehead atoms. The van der Waals surface area contributed by atoms with Crippen LogP contribution in [0.1, 0.15) is 32.8 Å². The average Bonchev–Trinajstić information content (AvgIpc) is 2.92. The first-order chi connectivity index (χ1) is 11.2. The fourth-order valence-corrected chi connectivity index (χ4v) is 3.42. The van der Waals surface area contributed by atoms with Gasteiger partial charge >= 0.3 is 6.09 Å². The van der Waals surface area contributed by atoms with Crippen molar-refractivity contribution >= 4 is 28.0 Å². The standard InChI is InChI=1S/C18H24BrNO4/c1-18(2,3)24-17(23)20-8-7-13(11-20)15(16(21)22)10-12-5-4-6-14(19)9-12/h4-6,9,13,15H,7-8,10-11H2,1-3H3,(H,21,22)/p-1/t13-,15-/m1/s1. The van der Waals surface area contributed by atoms with E-state index in [1.54, 1.807) is 4.90 Å². The van der Waals surface area contributed by atoms with Gasteiger partial charge in [0.15, 0.2) is 0 Å². The van der Waals surface area contributed by atoms with Gasteiger partial charge in [0.1, 0.15) is 5.60 Å². The van der Waals surface area contributed by atoms with Crippen LogP contribution in [0.2, 0.25) is 0 Å². The van der Waals surface area contributed by atoms with Gasteiger partial charge < -0.3 is 19.5 Å². The van der Waals surface area contributed by atoms with E-state index in [0.29, 0.717) is 25.9 Å². The summed E-state index contributed by atoms with van der Waals surface area (Å²) in [7, 11) is 0. The van der Waals surface area contributed by atoms with Crippen LogP contribution in [0.4, 0.5) is 4.79 Å². The molecule has 0 unspecified atom stereocenters. The van der Waals surface area contributed by atoms with Crippen molar-refractivity contribution in [3.8, 4) is 0 Å². The zero-order valence-corrected chi connectivity index (χ0v) is 15.8. The number of nitrogens with zero attached hydrogens (tertiary/aromatic N) is 1. The minimum atomic E-state index is -1.06. The molecular weight excluding hydrogens is 374 g/mol. The molecule has 0 spiro atoms. The van der Waals surface area contributed by atoms with Crippen LogP contribution in [0.3, 0.4) is 0 Å². The van der Waals surface area contributed by atoms with E-state index in [2.05, 4.69) is 15.9 Å². The lowest BCUT2D eigenvalue weighted by atomic mass is 9.86. The molecule has 2 atom stereocenters. The molecule has 0 N–H and O–H groups in total. The van der Waals surface area contributed by atoms with Crippen molar-refractivity contribution in [3.63, 3.8) is 0 Å².